The van der Waals surface area contributed by atoms with Crippen LogP contribution in [0.25, 0.3) is 0 Å². The van der Waals surface area contributed by atoms with E-state index >= 15 is 8.22 Å². The molecule has 0 spiro atoms. The molecule has 0 aromatic carbocycles. The van der Waals surface area contributed by atoms with Crippen molar-refractivity contribution in [2.24, 2.45) is 0 Å². The Morgan fingerprint density at radius 3 is 1.30 bits per heavy atom. The largest absolute Gasteiger partial charge is 0.458 e. The van der Waals surface area contributed by atoms with Crippen LogP contribution < -0.4 is 0 Å². The summed E-state index contributed by atoms with van der Waals surface area (Å²) in [6, 6.07) is 0. The van der Waals surface area contributed by atoms with Crippen molar-refractivity contribution < 1.29 is 16.4 Å². The summed E-state index contributed by atoms with van der Waals surface area (Å²) < 4.78 is 43.9. The van der Waals surface area contributed by atoms with E-state index < -0.39 is 46.2 Å². The third-order valence-corrected chi connectivity index (χ3v) is 76.5. The molecule has 0 aliphatic carbocycles. The second kappa shape index (κ2) is 4.79. The van der Waals surface area contributed by atoms with Crippen LogP contribution >= 0.6 is 0 Å². The van der Waals surface area contributed by atoms with Crippen molar-refractivity contribution in [1.82, 2.24) is 0 Å². The molecule has 0 bridgehead atoms. The highest BCUT2D eigenvalue weighted by molar-refractivity contribution is 7.72. The minimum Gasteiger partial charge on any atom is -0.458 e. The standard InChI is InChI=1S/C10H30F2O2Si6/c1-15(2)13-16(3,4)20(10,12)17(5,6)14-19(9,11)18(15,7)8/h1-10H3. The van der Waals surface area contributed by atoms with Gasteiger partial charge in [0.15, 0.2) is 23.5 Å². The highest BCUT2D eigenvalue weighted by atomic mass is 29.7. The fraction of sp³-hybridized carbons (Fsp3) is 1.00. The lowest BCUT2D eigenvalue weighted by Crippen LogP contribution is -2.84. The molecule has 10 heteroatoms. The van der Waals surface area contributed by atoms with Gasteiger partial charge in [-0.25, -0.2) is 0 Å². The van der Waals surface area contributed by atoms with E-state index in [-0.39, 0.29) is 0 Å². The Morgan fingerprint density at radius 1 is 0.550 bits per heavy atom. The predicted molar refractivity (Wildman–Crippen MR) is 97.6 cm³/mol. The van der Waals surface area contributed by atoms with Crippen LogP contribution in [0.15, 0.2) is 0 Å². The molecule has 2 unspecified atom stereocenters. The number of hydrogen-bond donors (Lipinski definition) is 0. The SMILES string of the molecule is C[Si]1(C)O[Si](C)(C)[Si](C)(F)[Si](C)(C)O[Si](C)(F)[Si]1(C)C. The molecular weight excluding hydrogens is 359 g/mol. The van der Waals surface area contributed by atoms with E-state index in [2.05, 4.69) is 26.2 Å². The summed E-state index contributed by atoms with van der Waals surface area (Å²) in [5.74, 6) is 0. The summed E-state index contributed by atoms with van der Waals surface area (Å²) in [4.78, 5) is 0. The molecular formula is C10H30F2O2Si6. The van der Waals surface area contributed by atoms with Gasteiger partial charge in [0.05, 0.1) is 0 Å². The molecule has 0 N–H and O–H groups in total. The van der Waals surface area contributed by atoms with Gasteiger partial charge in [-0.1, -0.05) is 13.1 Å². The van der Waals surface area contributed by atoms with Crippen molar-refractivity contribution in [1.29, 1.82) is 0 Å². The molecule has 1 rings (SSSR count). The minimum atomic E-state index is -3.37. The molecule has 0 saturated carbocycles. The van der Waals surface area contributed by atoms with Gasteiger partial charge in [0, 0.05) is 0 Å². The zero-order valence-electron chi connectivity index (χ0n) is 14.6. The first-order chi connectivity index (χ1) is 8.41. The van der Waals surface area contributed by atoms with Crippen LogP contribution in [0.5, 0.6) is 0 Å². The summed E-state index contributed by atoms with van der Waals surface area (Å²) >= 11 is 0. The average molecular weight is 389 g/mol. The summed E-state index contributed by atoms with van der Waals surface area (Å²) in [7, 11) is -16.2. The lowest BCUT2D eigenvalue weighted by molar-refractivity contribution is 0.488. The van der Waals surface area contributed by atoms with Gasteiger partial charge in [0.1, 0.15) is 7.11 Å². The van der Waals surface area contributed by atoms with Gasteiger partial charge in [-0.3, -0.25) is 4.11 Å². The fourth-order valence-electron chi connectivity index (χ4n) is 2.83. The van der Waals surface area contributed by atoms with Crippen molar-refractivity contribution >= 4 is 46.2 Å². The van der Waals surface area contributed by atoms with Crippen LogP contribution in [-0.2, 0) is 8.23 Å². The Labute approximate surface area is 128 Å². The van der Waals surface area contributed by atoms with Crippen LogP contribution in [0.4, 0.5) is 8.22 Å². The maximum atomic E-state index is 15.7. The zero-order chi connectivity index (χ0) is 16.4. The van der Waals surface area contributed by atoms with Gasteiger partial charge in [-0.05, 0) is 52.4 Å². The highest BCUT2D eigenvalue weighted by Crippen LogP contribution is 2.43. The van der Waals surface area contributed by atoms with E-state index in [0.29, 0.717) is 0 Å². The monoisotopic (exact) mass is 388 g/mol. The quantitative estimate of drug-likeness (QED) is 0.456. The number of hydrogen-bond acceptors (Lipinski definition) is 2. The molecule has 0 aromatic heterocycles. The van der Waals surface area contributed by atoms with E-state index in [9.17, 15) is 0 Å². The van der Waals surface area contributed by atoms with E-state index in [1.165, 1.54) is 0 Å². The van der Waals surface area contributed by atoms with Crippen LogP contribution in [0.3, 0.4) is 0 Å². The third kappa shape index (κ3) is 2.59. The summed E-state index contributed by atoms with van der Waals surface area (Å²) in [6.45, 7) is 19.5. The van der Waals surface area contributed by atoms with E-state index in [1.54, 1.807) is 13.1 Å². The zero-order valence-corrected chi connectivity index (χ0v) is 20.6. The fourth-order valence-corrected chi connectivity index (χ4v) is 72.2. The molecule has 0 amide bonds. The van der Waals surface area contributed by atoms with Crippen molar-refractivity contribution in [2.45, 2.75) is 65.5 Å². The molecule has 1 fully saturated rings. The van der Waals surface area contributed by atoms with Crippen LogP contribution in [-0.4, -0.2) is 46.2 Å². The molecule has 2 atom stereocenters. The van der Waals surface area contributed by atoms with Crippen molar-refractivity contribution in [3.63, 3.8) is 0 Å². The molecule has 2 nitrogen and oxygen atoms in total. The maximum absolute atomic E-state index is 15.7. The number of rotatable bonds is 0. The second-order valence-electron chi connectivity index (χ2n) is 8.28. The van der Waals surface area contributed by atoms with E-state index in [0.717, 1.165) is 0 Å². The molecule has 1 aliphatic rings. The molecule has 0 aromatic rings. The van der Waals surface area contributed by atoms with Crippen LogP contribution in [0, 0.1) is 0 Å². The Bertz CT molecular complexity index is 339. The number of halogens is 2. The van der Waals surface area contributed by atoms with Gasteiger partial charge >= 0.3 is 8.17 Å². The topological polar surface area (TPSA) is 18.5 Å². The van der Waals surface area contributed by atoms with Gasteiger partial charge in [0.2, 0.25) is 0 Å². The molecule has 120 valence electrons. The van der Waals surface area contributed by atoms with Gasteiger partial charge in [-0.2, -0.15) is 0 Å². The summed E-state index contributed by atoms with van der Waals surface area (Å²) in [6.07, 6.45) is 0. The molecule has 1 aliphatic heterocycles. The Kier molecular flexibility index (Phi) is 4.58. The van der Waals surface area contributed by atoms with E-state index in [1.807, 2.05) is 26.2 Å². The molecule has 20 heavy (non-hydrogen) atoms. The minimum absolute atomic E-state index is 1.66. The second-order valence-corrected chi connectivity index (χ2v) is 55.7. The summed E-state index contributed by atoms with van der Waals surface area (Å²) in [5, 5.41) is 0. The third-order valence-electron chi connectivity index (χ3n) is 5.84. The van der Waals surface area contributed by atoms with Gasteiger partial charge < -0.3 is 12.3 Å². The van der Waals surface area contributed by atoms with Gasteiger partial charge in [0.25, 0.3) is 7.44 Å². The summed E-state index contributed by atoms with van der Waals surface area (Å²) in [5.41, 5.74) is 0. The predicted octanol–water partition coefficient (Wildman–Crippen LogP) is 4.26. The normalized spacial score (nSPS) is 42.6. The first-order valence-corrected chi connectivity index (χ1v) is 27.6. The van der Waals surface area contributed by atoms with Crippen molar-refractivity contribution in [3.8, 4) is 0 Å². The first-order valence-electron chi connectivity index (χ1n) is 7.19. The van der Waals surface area contributed by atoms with Crippen molar-refractivity contribution in [2.75, 3.05) is 0 Å². The first kappa shape index (κ1) is 19.1. The van der Waals surface area contributed by atoms with Crippen LogP contribution in [0.1, 0.15) is 0 Å². The maximum Gasteiger partial charge on any atom is 0.349 e. The Balaban J connectivity index is 3.53. The molecule has 1 heterocycles. The average Bonchev–Trinajstić information content (AvgIpc) is 2.11. The lowest BCUT2D eigenvalue weighted by Gasteiger charge is -2.56. The molecule has 1 saturated heterocycles. The van der Waals surface area contributed by atoms with Crippen LogP contribution in [0.2, 0.25) is 65.5 Å². The highest BCUT2D eigenvalue weighted by Gasteiger charge is 2.72. The Hall–Kier alpha value is 1.08. The van der Waals surface area contributed by atoms with Gasteiger partial charge in [-0.15, -0.1) is 0 Å². The molecule has 0 radical (unpaired) electrons. The smallest absolute Gasteiger partial charge is 0.349 e. The van der Waals surface area contributed by atoms with E-state index in [4.69, 9.17) is 8.23 Å². The Morgan fingerprint density at radius 2 is 0.900 bits per heavy atom. The lowest BCUT2D eigenvalue weighted by atomic mass is 11.9. The van der Waals surface area contributed by atoms with Crippen molar-refractivity contribution in [3.05, 3.63) is 0 Å².